The molecule has 2 aromatic carbocycles. The van der Waals surface area contributed by atoms with Crippen LogP contribution in [0.1, 0.15) is 37.8 Å². The van der Waals surface area contributed by atoms with E-state index in [2.05, 4.69) is 10.6 Å². The molecule has 7 N–H and O–H groups in total. The fraction of sp³-hybridized carbons (Fsp3) is 0.462. The molecule has 35 heavy (non-hydrogen) atoms. The lowest BCUT2D eigenvalue weighted by Gasteiger charge is -2.27. The van der Waals surface area contributed by atoms with Crippen LogP contribution in [0.4, 0.5) is 8.78 Å². The third-order valence-electron chi connectivity index (χ3n) is 5.79. The van der Waals surface area contributed by atoms with E-state index in [0.29, 0.717) is 19.4 Å². The van der Waals surface area contributed by atoms with Gasteiger partial charge < -0.3 is 27.2 Å². The quantitative estimate of drug-likeness (QED) is 0.292. The highest BCUT2D eigenvalue weighted by atomic mass is 19.1. The molecule has 192 valence electrons. The Morgan fingerprint density at radius 1 is 1.03 bits per heavy atom. The predicted octanol–water partition coefficient (Wildman–Crippen LogP) is 1.80. The molecular formula is C26H36F2N4O3. The Labute approximate surface area is 205 Å². The van der Waals surface area contributed by atoms with Gasteiger partial charge >= 0.3 is 0 Å². The summed E-state index contributed by atoms with van der Waals surface area (Å²) in [5, 5.41) is 15.8. The zero-order chi connectivity index (χ0) is 26.0. The fourth-order valence-corrected chi connectivity index (χ4v) is 3.62. The van der Waals surface area contributed by atoms with Gasteiger partial charge in [-0.05, 0) is 54.0 Å². The zero-order valence-electron chi connectivity index (χ0n) is 20.3. The summed E-state index contributed by atoms with van der Waals surface area (Å²) in [6.45, 7) is 4.48. The van der Waals surface area contributed by atoms with Gasteiger partial charge in [-0.15, -0.1) is 0 Å². The highest BCUT2D eigenvalue weighted by Gasteiger charge is 2.26. The van der Waals surface area contributed by atoms with Crippen molar-refractivity contribution >= 4 is 11.8 Å². The van der Waals surface area contributed by atoms with E-state index < -0.39 is 35.7 Å². The van der Waals surface area contributed by atoms with Crippen LogP contribution in [0.3, 0.4) is 0 Å². The summed E-state index contributed by atoms with van der Waals surface area (Å²) in [4.78, 5) is 24.5. The molecule has 2 aromatic rings. The van der Waals surface area contributed by atoms with Crippen molar-refractivity contribution < 1.29 is 23.5 Å². The summed E-state index contributed by atoms with van der Waals surface area (Å²) < 4.78 is 27.0. The number of halogens is 2. The monoisotopic (exact) mass is 490 g/mol. The van der Waals surface area contributed by atoms with E-state index >= 15 is 0 Å². The Hall–Kier alpha value is -2.88. The van der Waals surface area contributed by atoms with Crippen molar-refractivity contribution in [3.8, 4) is 0 Å². The van der Waals surface area contributed by atoms with Crippen molar-refractivity contribution in [1.82, 2.24) is 10.6 Å². The lowest BCUT2D eigenvalue weighted by Crippen LogP contribution is -2.49. The normalized spacial score (nSPS) is 14.1. The first-order valence-corrected chi connectivity index (χ1v) is 11.7. The highest BCUT2D eigenvalue weighted by molar-refractivity contribution is 5.81. The molecule has 0 fully saturated rings. The summed E-state index contributed by atoms with van der Waals surface area (Å²) >= 11 is 0. The second-order valence-corrected chi connectivity index (χ2v) is 9.68. The van der Waals surface area contributed by atoms with Crippen LogP contribution in [0.25, 0.3) is 0 Å². The molecule has 0 saturated carbocycles. The average Bonchev–Trinajstić information content (AvgIpc) is 2.79. The van der Waals surface area contributed by atoms with Gasteiger partial charge in [0.15, 0.2) is 0 Å². The topological polar surface area (TPSA) is 130 Å². The van der Waals surface area contributed by atoms with Crippen LogP contribution in [-0.2, 0) is 22.4 Å². The number of carbonyl (C=O) groups excluding carboxylic acids is 2. The molecule has 0 saturated heterocycles. The molecule has 0 spiro atoms. The van der Waals surface area contributed by atoms with Gasteiger partial charge in [-0.25, -0.2) is 8.78 Å². The lowest BCUT2D eigenvalue weighted by atomic mass is 9.89. The van der Waals surface area contributed by atoms with Gasteiger partial charge in [0.2, 0.25) is 11.8 Å². The number of amides is 2. The second-order valence-electron chi connectivity index (χ2n) is 9.68. The molecule has 0 bridgehead atoms. The van der Waals surface area contributed by atoms with Crippen molar-refractivity contribution in [2.45, 2.75) is 57.7 Å². The van der Waals surface area contributed by atoms with Crippen molar-refractivity contribution in [2.24, 2.45) is 16.9 Å². The molecule has 0 aromatic heterocycles. The van der Waals surface area contributed by atoms with Gasteiger partial charge in [-0.2, -0.15) is 0 Å². The molecule has 3 atom stereocenters. The van der Waals surface area contributed by atoms with Crippen molar-refractivity contribution in [1.29, 1.82) is 0 Å². The first kappa shape index (κ1) is 28.4. The molecule has 0 aliphatic carbocycles. The molecule has 2 rings (SSSR count). The minimum atomic E-state index is -1.34. The number of hydrogen-bond donors (Lipinski definition) is 5. The van der Waals surface area contributed by atoms with Crippen LogP contribution in [0.5, 0.6) is 0 Å². The van der Waals surface area contributed by atoms with Gasteiger partial charge in [0.25, 0.3) is 0 Å². The summed E-state index contributed by atoms with van der Waals surface area (Å²) in [6, 6.07) is 11.1. The first-order chi connectivity index (χ1) is 16.5. The molecule has 0 radical (unpaired) electrons. The molecular weight excluding hydrogens is 454 g/mol. The van der Waals surface area contributed by atoms with Gasteiger partial charge in [0, 0.05) is 31.6 Å². The molecule has 7 nitrogen and oxygen atoms in total. The number of hydrogen-bond acceptors (Lipinski definition) is 5. The Kier molecular flexibility index (Phi) is 10.8. The number of carbonyl (C=O) groups is 2. The van der Waals surface area contributed by atoms with Crippen LogP contribution >= 0.6 is 0 Å². The summed E-state index contributed by atoms with van der Waals surface area (Å²) in [5.74, 6) is -1.95. The van der Waals surface area contributed by atoms with Crippen LogP contribution in [0.15, 0.2) is 48.5 Å². The molecule has 0 aliphatic heterocycles. The van der Waals surface area contributed by atoms with E-state index in [-0.39, 0.29) is 36.3 Å². The second kappa shape index (κ2) is 13.3. The zero-order valence-corrected chi connectivity index (χ0v) is 20.3. The third-order valence-corrected chi connectivity index (χ3v) is 5.79. The molecule has 2 amide bonds. The maximum absolute atomic E-state index is 13.7. The van der Waals surface area contributed by atoms with Gasteiger partial charge in [-0.3, -0.25) is 9.59 Å². The lowest BCUT2D eigenvalue weighted by molar-refractivity contribution is -0.130. The van der Waals surface area contributed by atoms with E-state index in [9.17, 15) is 23.5 Å². The van der Waals surface area contributed by atoms with Gasteiger partial charge in [-0.1, -0.05) is 44.2 Å². The summed E-state index contributed by atoms with van der Waals surface area (Å²) in [7, 11) is 0. The number of nitrogens with two attached hydrogens (primary N) is 2. The largest absolute Gasteiger partial charge is 0.382 e. The molecule has 3 unspecified atom stereocenters. The predicted molar refractivity (Wildman–Crippen MR) is 131 cm³/mol. The van der Waals surface area contributed by atoms with Crippen molar-refractivity contribution in [3.05, 3.63) is 71.3 Å². The highest BCUT2D eigenvalue weighted by Crippen LogP contribution is 2.18. The summed E-state index contributed by atoms with van der Waals surface area (Å²) in [6.07, 6.45) is -0.394. The first-order valence-electron chi connectivity index (χ1n) is 11.7. The molecule has 0 aliphatic rings. The number of aliphatic hydroxyl groups excluding tert-OH is 1. The number of nitrogens with one attached hydrogen (secondary N) is 2. The Bertz CT molecular complexity index is 972. The van der Waals surface area contributed by atoms with Crippen molar-refractivity contribution in [3.63, 3.8) is 0 Å². The van der Waals surface area contributed by atoms with Crippen molar-refractivity contribution in [2.75, 3.05) is 13.1 Å². The minimum Gasteiger partial charge on any atom is -0.382 e. The Morgan fingerprint density at radius 2 is 1.71 bits per heavy atom. The average molecular weight is 491 g/mol. The van der Waals surface area contributed by atoms with E-state index in [1.54, 1.807) is 0 Å². The van der Waals surface area contributed by atoms with Crippen LogP contribution in [-0.4, -0.2) is 48.2 Å². The maximum Gasteiger partial charge on any atom is 0.250 e. The van der Waals surface area contributed by atoms with Crippen LogP contribution in [0.2, 0.25) is 0 Å². The smallest absolute Gasteiger partial charge is 0.250 e. The maximum atomic E-state index is 13.7. The number of benzene rings is 2. The van der Waals surface area contributed by atoms with E-state index in [4.69, 9.17) is 11.5 Å². The standard InChI is InChI=1S/C26H36F2N4O3/c1-26(2,16-32-25(35)24(34)22(30)12-17-6-4-3-5-7-17)10-11-31-23(33)15-20(29)14-18-13-19(27)8-9-21(18)28/h3-9,13,20,22,24,34H,10-12,14-16,29-30H2,1-2H3,(H,31,33)(H,32,35). The summed E-state index contributed by atoms with van der Waals surface area (Å²) in [5.41, 5.74) is 12.6. The Balaban J connectivity index is 1.70. The number of aliphatic hydroxyl groups is 1. The SMILES string of the molecule is CC(C)(CCNC(=O)CC(N)Cc1cc(F)ccc1F)CNC(=O)C(O)C(N)Cc1ccccc1. The molecule has 0 heterocycles. The molecule has 9 heteroatoms. The van der Waals surface area contributed by atoms with Gasteiger partial charge in [0.05, 0.1) is 0 Å². The minimum absolute atomic E-state index is 0.0292. The third kappa shape index (κ3) is 10.1. The Morgan fingerprint density at radius 3 is 2.40 bits per heavy atom. The van der Waals surface area contributed by atoms with E-state index in [1.165, 1.54) is 0 Å². The van der Waals surface area contributed by atoms with E-state index in [0.717, 1.165) is 23.8 Å². The van der Waals surface area contributed by atoms with Crippen LogP contribution < -0.4 is 22.1 Å². The fourth-order valence-electron chi connectivity index (χ4n) is 3.62. The van der Waals surface area contributed by atoms with Crippen LogP contribution in [0, 0.1) is 17.0 Å². The van der Waals surface area contributed by atoms with E-state index in [1.807, 2.05) is 44.2 Å². The van der Waals surface area contributed by atoms with Gasteiger partial charge in [0.1, 0.15) is 17.7 Å². The number of rotatable bonds is 13.